The van der Waals surface area contributed by atoms with Gasteiger partial charge in [-0.05, 0) is 175 Å². The van der Waals surface area contributed by atoms with E-state index in [1.54, 1.807) is 75.3 Å². The van der Waals surface area contributed by atoms with E-state index in [0.29, 0.717) is 0 Å². The SMILES string of the molecule is CC(C)(C)c1ccc(CP(C2C3CC4CC(C3)CC2C4)C2C3CC4CC(C3)CC2C4)c(CP(c2ccccn2)c2ccccn2)c1. The van der Waals surface area contributed by atoms with Crippen molar-refractivity contribution < 1.29 is 0 Å². The van der Waals surface area contributed by atoms with Crippen LogP contribution in [0.3, 0.4) is 0 Å². The summed E-state index contributed by atoms with van der Waals surface area (Å²) in [6.45, 7) is 7.17. The Morgan fingerprint density at radius 3 is 1.46 bits per heavy atom. The molecule has 0 unspecified atom stereocenters. The van der Waals surface area contributed by atoms with Gasteiger partial charge in [0.25, 0.3) is 0 Å². The van der Waals surface area contributed by atoms with Gasteiger partial charge in [0, 0.05) is 26.5 Å². The Kier molecular flexibility index (Phi) is 7.98. The molecule has 0 radical (unpaired) electrons. The highest BCUT2D eigenvalue weighted by molar-refractivity contribution is 7.71. The molecule has 8 aliphatic carbocycles. The van der Waals surface area contributed by atoms with Crippen molar-refractivity contribution in [2.24, 2.45) is 47.3 Å². The Bertz CT molecular complexity index is 1390. The number of rotatable bonds is 8. The molecule has 2 aromatic heterocycles. The van der Waals surface area contributed by atoms with E-state index >= 15 is 0 Å². The number of hydrogen-bond acceptors (Lipinski definition) is 2. The summed E-state index contributed by atoms with van der Waals surface area (Å²) in [5.41, 5.74) is 9.43. The largest absolute Gasteiger partial charge is 0.256 e. The molecule has 8 saturated carbocycles. The zero-order valence-electron chi connectivity index (χ0n) is 28.4. The first-order chi connectivity index (χ1) is 22.4. The molecule has 0 amide bonds. The van der Waals surface area contributed by atoms with E-state index in [1.165, 1.54) is 22.6 Å². The Hall–Kier alpha value is -1.62. The van der Waals surface area contributed by atoms with Gasteiger partial charge in [-0.25, -0.2) is 0 Å². The van der Waals surface area contributed by atoms with Gasteiger partial charge in [-0.1, -0.05) is 59.0 Å². The summed E-state index contributed by atoms with van der Waals surface area (Å²) in [7, 11) is -0.728. The summed E-state index contributed by atoms with van der Waals surface area (Å²) in [4.78, 5) is 9.91. The van der Waals surface area contributed by atoms with E-state index in [1.807, 2.05) is 12.4 Å². The van der Waals surface area contributed by atoms with Gasteiger partial charge in [-0.2, -0.15) is 0 Å². The van der Waals surface area contributed by atoms with Crippen LogP contribution >= 0.6 is 15.8 Å². The van der Waals surface area contributed by atoms with Gasteiger partial charge in [-0.3, -0.25) is 9.97 Å². The molecule has 0 N–H and O–H groups in total. The molecule has 2 nitrogen and oxygen atoms in total. The fourth-order valence-electron chi connectivity index (χ4n) is 12.4. The van der Waals surface area contributed by atoms with Crippen molar-refractivity contribution in [3.05, 3.63) is 83.7 Å². The summed E-state index contributed by atoms with van der Waals surface area (Å²) < 4.78 is 0. The van der Waals surface area contributed by atoms with Crippen LogP contribution in [0.2, 0.25) is 0 Å². The first kappa shape index (κ1) is 30.4. The summed E-state index contributed by atoms with van der Waals surface area (Å²) >= 11 is 0. The van der Waals surface area contributed by atoms with E-state index < -0.39 is 7.92 Å². The first-order valence-corrected chi connectivity index (χ1v) is 22.0. The van der Waals surface area contributed by atoms with E-state index in [2.05, 4.69) is 75.4 Å². The number of hydrogen-bond donors (Lipinski definition) is 0. The smallest absolute Gasteiger partial charge is 0.0695 e. The first-order valence-electron chi connectivity index (χ1n) is 18.8. The molecule has 0 atom stereocenters. The van der Waals surface area contributed by atoms with Crippen LogP contribution in [0.25, 0.3) is 0 Å². The average molecular weight is 649 g/mol. The van der Waals surface area contributed by atoms with Crippen LogP contribution in [-0.4, -0.2) is 21.3 Å². The topological polar surface area (TPSA) is 25.8 Å². The fourth-order valence-corrected chi connectivity index (χ4v) is 19.2. The van der Waals surface area contributed by atoms with Crippen molar-refractivity contribution in [3.8, 4) is 0 Å². The van der Waals surface area contributed by atoms with Crippen molar-refractivity contribution in [1.82, 2.24) is 9.97 Å². The Morgan fingerprint density at radius 1 is 0.565 bits per heavy atom. The molecular formula is C42H54N2P2. The van der Waals surface area contributed by atoms with Crippen LogP contribution in [0, 0.1) is 47.3 Å². The highest BCUT2D eigenvalue weighted by Gasteiger charge is 2.56. The van der Waals surface area contributed by atoms with E-state index in [4.69, 9.17) is 9.97 Å². The lowest BCUT2D eigenvalue weighted by Crippen LogP contribution is -2.52. The van der Waals surface area contributed by atoms with Crippen LogP contribution in [0.15, 0.2) is 67.0 Å². The maximum absolute atomic E-state index is 4.95. The molecule has 46 heavy (non-hydrogen) atoms. The predicted octanol–water partition coefficient (Wildman–Crippen LogP) is 10.0. The zero-order chi connectivity index (χ0) is 31.0. The monoisotopic (exact) mass is 648 g/mol. The number of aromatic nitrogens is 2. The molecule has 0 aliphatic heterocycles. The molecule has 8 fully saturated rings. The second kappa shape index (κ2) is 12.1. The van der Waals surface area contributed by atoms with Crippen LogP contribution < -0.4 is 10.9 Å². The normalized spacial score (nSPS) is 36.4. The van der Waals surface area contributed by atoms with Gasteiger partial charge >= 0.3 is 0 Å². The van der Waals surface area contributed by atoms with Gasteiger partial charge < -0.3 is 0 Å². The standard InChI is InChI=1S/C42H54N2P2/c1-42(2,3)37-11-10-31(36(24-37)26-45(38-8-4-6-12-43-38)39-9-5-7-13-44-39)25-46(40-32-16-27-14-28(18-32)19-33(40)17-27)41-34-20-29-15-30(22-34)23-35(41)21-29/h4-13,24,27-30,32-35,40-41H,14-23,25-26H2,1-3H3. The van der Waals surface area contributed by atoms with Crippen molar-refractivity contribution >= 4 is 26.7 Å². The Labute approximate surface area is 280 Å². The minimum Gasteiger partial charge on any atom is -0.256 e. The van der Waals surface area contributed by atoms with Crippen LogP contribution in [0.4, 0.5) is 0 Å². The zero-order valence-corrected chi connectivity index (χ0v) is 30.2. The van der Waals surface area contributed by atoms with Gasteiger partial charge in [0.2, 0.25) is 0 Å². The van der Waals surface area contributed by atoms with Crippen molar-refractivity contribution in [1.29, 1.82) is 0 Å². The molecule has 242 valence electrons. The van der Waals surface area contributed by atoms with Crippen LogP contribution in [0.1, 0.15) is 102 Å². The highest BCUT2D eigenvalue weighted by Crippen LogP contribution is 2.72. The Morgan fingerprint density at radius 2 is 1.04 bits per heavy atom. The Balaban J connectivity index is 1.12. The maximum Gasteiger partial charge on any atom is 0.0695 e. The summed E-state index contributed by atoms with van der Waals surface area (Å²) in [5, 5.41) is 0. The highest BCUT2D eigenvalue weighted by atomic mass is 31.1. The summed E-state index contributed by atoms with van der Waals surface area (Å²) in [5.74, 6) is 8.41. The molecule has 0 spiro atoms. The van der Waals surface area contributed by atoms with Crippen LogP contribution in [-0.2, 0) is 17.7 Å². The lowest BCUT2D eigenvalue weighted by atomic mass is 9.55. The molecule has 8 aliphatic rings. The molecule has 4 heteroatoms. The second-order valence-corrected chi connectivity index (χ2v) is 22.3. The minimum atomic E-state index is -0.680. The second-order valence-electron chi connectivity index (χ2n) is 17.7. The molecule has 0 saturated heterocycles. The summed E-state index contributed by atoms with van der Waals surface area (Å²) in [6, 6.07) is 20.8. The number of nitrogens with zero attached hydrogens (tertiary/aromatic N) is 2. The molecular weight excluding hydrogens is 594 g/mol. The lowest BCUT2D eigenvalue weighted by Gasteiger charge is -2.62. The van der Waals surface area contributed by atoms with Gasteiger partial charge in [0.05, 0.1) is 10.9 Å². The van der Waals surface area contributed by atoms with Gasteiger partial charge in [0.1, 0.15) is 0 Å². The molecule has 11 rings (SSSR count). The maximum atomic E-state index is 4.95. The third-order valence-electron chi connectivity index (χ3n) is 13.7. The van der Waals surface area contributed by atoms with Gasteiger partial charge in [-0.15, -0.1) is 0 Å². The molecule has 2 heterocycles. The van der Waals surface area contributed by atoms with Gasteiger partial charge in [0.15, 0.2) is 0 Å². The summed E-state index contributed by atoms with van der Waals surface area (Å²) in [6.07, 6.45) is 22.1. The van der Waals surface area contributed by atoms with Crippen molar-refractivity contribution in [2.45, 2.75) is 114 Å². The lowest BCUT2D eigenvalue weighted by molar-refractivity contribution is 0.0129. The number of benzene rings is 1. The average Bonchev–Trinajstić information content (AvgIpc) is 3.03. The van der Waals surface area contributed by atoms with E-state index in [-0.39, 0.29) is 13.3 Å². The van der Waals surface area contributed by atoms with E-state index in [0.717, 1.165) is 64.8 Å². The fraction of sp³-hybridized carbons (Fsp3) is 0.619. The third kappa shape index (κ3) is 5.65. The molecule has 3 aromatic rings. The van der Waals surface area contributed by atoms with Crippen LogP contribution in [0.5, 0.6) is 0 Å². The van der Waals surface area contributed by atoms with Crippen molar-refractivity contribution in [3.63, 3.8) is 0 Å². The molecule has 8 bridgehead atoms. The molecule has 1 aromatic carbocycles. The third-order valence-corrected chi connectivity index (χ3v) is 19.9. The van der Waals surface area contributed by atoms with Crippen molar-refractivity contribution in [2.75, 3.05) is 0 Å². The minimum absolute atomic E-state index is 0.0482. The number of pyridine rings is 2. The predicted molar refractivity (Wildman–Crippen MR) is 196 cm³/mol. The van der Waals surface area contributed by atoms with E-state index in [9.17, 15) is 0 Å². The quantitative estimate of drug-likeness (QED) is 0.227.